The maximum absolute atomic E-state index is 12.3. The molecule has 0 saturated carbocycles. The van der Waals surface area contributed by atoms with Crippen molar-refractivity contribution >= 4 is 23.2 Å². The minimum Gasteiger partial charge on any atom is -0.478 e. The monoisotopic (exact) mass is 303 g/mol. The van der Waals surface area contributed by atoms with Crippen LogP contribution in [0.2, 0.25) is 0 Å². The molecule has 0 atom stereocenters. The largest absolute Gasteiger partial charge is 0.478 e. The zero-order chi connectivity index (χ0) is 15.4. The van der Waals surface area contributed by atoms with Crippen molar-refractivity contribution in [2.24, 2.45) is 0 Å². The second kappa shape index (κ2) is 6.54. The summed E-state index contributed by atoms with van der Waals surface area (Å²) < 4.78 is 0. The summed E-state index contributed by atoms with van der Waals surface area (Å²) in [4.78, 5) is 23.7. The van der Waals surface area contributed by atoms with Crippen LogP contribution in [0.3, 0.4) is 0 Å². The minimum absolute atomic E-state index is 0.0861. The van der Waals surface area contributed by atoms with Crippen LogP contribution in [0.15, 0.2) is 29.0 Å². The van der Waals surface area contributed by atoms with Gasteiger partial charge in [-0.25, -0.2) is 4.79 Å². The van der Waals surface area contributed by atoms with E-state index in [1.807, 2.05) is 16.8 Å². The molecule has 1 amide bonds. The van der Waals surface area contributed by atoms with Crippen LogP contribution in [0, 0.1) is 13.8 Å². The van der Waals surface area contributed by atoms with Gasteiger partial charge in [0.1, 0.15) is 0 Å². The van der Waals surface area contributed by atoms with E-state index in [9.17, 15) is 14.7 Å². The number of hydrogen-bond acceptors (Lipinski definition) is 3. The van der Waals surface area contributed by atoms with Gasteiger partial charge < -0.3 is 10.4 Å². The highest BCUT2D eigenvalue weighted by molar-refractivity contribution is 7.07. The van der Waals surface area contributed by atoms with Crippen molar-refractivity contribution in [3.05, 3.63) is 56.8 Å². The summed E-state index contributed by atoms with van der Waals surface area (Å²) in [6.07, 6.45) is 0.739. The van der Waals surface area contributed by atoms with Gasteiger partial charge in [0.2, 0.25) is 0 Å². The lowest BCUT2D eigenvalue weighted by molar-refractivity contribution is 0.0690. The molecular weight excluding hydrogens is 286 g/mol. The lowest BCUT2D eigenvalue weighted by Gasteiger charge is -2.12. The number of carbonyl (C=O) groups is 2. The van der Waals surface area contributed by atoms with Gasteiger partial charge in [0.05, 0.1) is 11.1 Å². The van der Waals surface area contributed by atoms with E-state index in [1.54, 1.807) is 37.3 Å². The first-order valence-corrected chi connectivity index (χ1v) is 7.57. The molecule has 2 rings (SSSR count). The molecule has 0 aliphatic carbocycles. The highest BCUT2D eigenvalue weighted by Crippen LogP contribution is 2.19. The number of nitrogens with one attached hydrogen (secondary N) is 1. The highest BCUT2D eigenvalue weighted by atomic mass is 32.1. The Balaban J connectivity index is 2.15. The van der Waals surface area contributed by atoms with Crippen molar-refractivity contribution < 1.29 is 14.7 Å². The Kier molecular flexibility index (Phi) is 4.75. The molecule has 0 aliphatic rings. The van der Waals surface area contributed by atoms with Gasteiger partial charge in [-0.1, -0.05) is 12.1 Å². The van der Waals surface area contributed by atoms with Crippen LogP contribution in [0.25, 0.3) is 0 Å². The van der Waals surface area contributed by atoms with Crippen LogP contribution in [0.4, 0.5) is 0 Å². The highest BCUT2D eigenvalue weighted by Gasteiger charge is 2.20. The number of thiophene rings is 1. The Morgan fingerprint density at radius 3 is 2.38 bits per heavy atom. The first-order valence-electron chi connectivity index (χ1n) is 6.63. The van der Waals surface area contributed by atoms with Gasteiger partial charge in [-0.3, -0.25) is 4.79 Å². The third-order valence-corrected chi connectivity index (χ3v) is 4.07. The standard InChI is InChI=1S/C16H17NO3S/c1-10-3-4-11(2)14(16(19)20)13(10)15(18)17-7-5-12-6-8-21-9-12/h3-4,6,8-9H,5,7H2,1-2H3,(H,17,18)(H,19,20). The zero-order valence-electron chi connectivity index (χ0n) is 12.0. The summed E-state index contributed by atoms with van der Waals surface area (Å²) >= 11 is 1.62. The first kappa shape index (κ1) is 15.3. The average Bonchev–Trinajstić information content (AvgIpc) is 2.93. The fourth-order valence-electron chi connectivity index (χ4n) is 2.22. The fourth-order valence-corrected chi connectivity index (χ4v) is 2.93. The number of amides is 1. The lowest BCUT2D eigenvalue weighted by Crippen LogP contribution is -2.28. The smallest absolute Gasteiger partial charge is 0.336 e. The van der Waals surface area contributed by atoms with Crippen molar-refractivity contribution in [2.75, 3.05) is 6.54 Å². The predicted octanol–water partition coefficient (Wildman–Crippen LogP) is 3.04. The van der Waals surface area contributed by atoms with E-state index in [1.165, 1.54) is 5.56 Å². The summed E-state index contributed by atoms with van der Waals surface area (Å²) in [7, 11) is 0. The van der Waals surface area contributed by atoms with Crippen molar-refractivity contribution in [3.63, 3.8) is 0 Å². The number of carboxylic acid groups (broad SMARTS) is 1. The summed E-state index contributed by atoms with van der Waals surface area (Å²) in [6.45, 7) is 3.94. The van der Waals surface area contributed by atoms with E-state index >= 15 is 0 Å². The number of carboxylic acids is 1. The third kappa shape index (κ3) is 3.49. The van der Waals surface area contributed by atoms with Crippen LogP contribution < -0.4 is 5.32 Å². The second-order valence-electron chi connectivity index (χ2n) is 4.89. The molecule has 0 spiro atoms. The molecule has 21 heavy (non-hydrogen) atoms. The minimum atomic E-state index is -1.07. The van der Waals surface area contributed by atoms with E-state index in [0.717, 1.165) is 6.42 Å². The molecule has 1 heterocycles. The SMILES string of the molecule is Cc1ccc(C)c(C(=O)NCCc2ccsc2)c1C(=O)O. The predicted molar refractivity (Wildman–Crippen MR) is 83.2 cm³/mol. The Morgan fingerprint density at radius 2 is 1.81 bits per heavy atom. The number of benzene rings is 1. The molecule has 0 aliphatic heterocycles. The van der Waals surface area contributed by atoms with Crippen molar-refractivity contribution in [1.29, 1.82) is 0 Å². The molecule has 1 aromatic carbocycles. The Morgan fingerprint density at radius 1 is 1.14 bits per heavy atom. The van der Waals surface area contributed by atoms with Gasteiger partial charge in [-0.15, -0.1) is 0 Å². The number of aryl methyl sites for hydroxylation is 2. The quantitative estimate of drug-likeness (QED) is 0.892. The van der Waals surface area contributed by atoms with E-state index in [0.29, 0.717) is 17.7 Å². The Hall–Kier alpha value is -2.14. The Labute approximate surface area is 127 Å². The molecule has 5 heteroatoms. The summed E-state index contributed by atoms with van der Waals surface area (Å²) in [5, 5.41) is 16.1. The number of hydrogen-bond donors (Lipinski definition) is 2. The van der Waals surface area contributed by atoms with Gasteiger partial charge in [0.25, 0.3) is 5.91 Å². The molecular formula is C16H17NO3S. The molecule has 1 aromatic heterocycles. The van der Waals surface area contributed by atoms with Crippen LogP contribution in [0.1, 0.15) is 37.4 Å². The van der Waals surface area contributed by atoms with Crippen molar-refractivity contribution in [3.8, 4) is 0 Å². The molecule has 0 unspecified atom stereocenters. The zero-order valence-corrected chi connectivity index (χ0v) is 12.8. The molecule has 0 bridgehead atoms. The van der Waals surface area contributed by atoms with E-state index in [2.05, 4.69) is 5.32 Å². The van der Waals surface area contributed by atoms with E-state index < -0.39 is 5.97 Å². The maximum Gasteiger partial charge on any atom is 0.336 e. The van der Waals surface area contributed by atoms with Gasteiger partial charge in [-0.2, -0.15) is 11.3 Å². The summed E-state index contributed by atoms with van der Waals surface area (Å²) in [6, 6.07) is 5.51. The summed E-state index contributed by atoms with van der Waals surface area (Å²) in [5.41, 5.74) is 2.78. The Bertz CT molecular complexity index is 662. The normalized spacial score (nSPS) is 10.4. The van der Waals surface area contributed by atoms with Gasteiger partial charge in [0, 0.05) is 6.54 Å². The van der Waals surface area contributed by atoms with Crippen molar-refractivity contribution in [2.45, 2.75) is 20.3 Å². The first-order chi connectivity index (χ1) is 10.0. The fraction of sp³-hybridized carbons (Fsp3) is 0.250. The molecule has 110 valence electrons. The van der Waals surface area contributed by atoms with Crippen molar-refractivity contribution in [1.82, 2.24) is 5.32 Å². The lowest BCUT2D eigenvalue weighted by atomic mass is 9.96. The molecule has 4 nitrogen and oxygen atoms in total. The van der Waals surface area contributed by atoms with Gasteiger partial charge in [-0.05, 0) is 53.8 Å². The van der Waals surface area contributed by atoms with Gasteiger partial charge >= 0.3 is 5.97 Å². The summed E-state index contributed by atoms with van der Waals surface area (Å²) in [5.74, 6) is -1.40. The van der Waals surface area contributed by atoms with E-state index in [-0.39, 0.29) is 17.0 Å². The van der Waals surface area contributed by atoms with Crippen LogP contribution in [0.5, 0.6) is 0 Å². The number of carbonyl (C=O) groups excluding carboxylic acids is 1. The molecule has 2 N–H and O–H groups in total. The molecule has 0 fully saturated rings. The van der Waals surface area contributed by atoms with Crippen LogP contribution >= 0.6 is 11.3 Å². The number of aromatic carboxylic acids is 1. The topological polar surface area (TPSA) is 66.4 Å². The maximum atomic E-state index is 12.3. The van der Waals surface area contributed by atoms with Gasteiger partial charge in [0.15, 0.2) is 0 Å². The average molecular weight is 303 g/mol. The van der Waals surface area contributed by atoms with Crippen LogP contribution in [-0.4, -0.2) is 23.5 Å². The van der Waals surface area contributed by atoms with Crippen LogP contribution in [-0.2, 0) is 6.42 Å². The van der Waals surface area contributed by atoms with E-state index in [4.69, 9.17) is 0 Å². The third-order valence-electron chi connectivity index (χ3n) is 3.34. The molecule has 0 saturated heterocycles. The number of rotatable bonds is 5. The molecule has 2 aromatic rings. The molecule has 0 radical (unpaired) electrons. The second-order valence-corrected chi connectivity index (χ2v) is 5.67.